The largest absolute Gasteiger partial charge is 0.449 e. The Morgan fingerprint density at radius 1 is 0.857 bits per heavy atom. The number of nitrogens with zero attached hydrogens (tertiary/aromatic N) is 2. The van der Waals surface area contributed by atoms with Crippen molar-refractivity contribution in [1.29, 1.82) is 0 Å². The normalized spacial score (nSPS) is 11.0. The molecule has 0 aromatic rings. The van der Waals surface area contributed by atoms with Crippen molar-refractivity contribution in [3.05, 3.63) is 0 Å². The first-order valence-corrected chi connectivity index (χ1v) is 8.59. The van der Waals surface area contributed by atoms with Crippen molar-refractivity contribution < 1.29 is 19.1 Å². The Morgan fingerprint density at radius 3 is 1.48 bits per heavy atom. The molecule has 0 rings (SSSR count). The maximum Gasteiger partial charge on any atom is 0.409 e. The fourth-order valence-corrected chi connectivity index (χ4v) is 3.28. The van der Waals surface area contributed by atoms with E-state index in [2.05, 4.69) is 13.8 Å². The van der Waals surface area contributed by atoms with Gasteiger partial charge < -0.3 is 19.3 Å². The van der Waals surface area contributed by atoms with E-state index in [4.69, 9.17) is 9.47 Å². The number of carbonyl (C=O) groups excluding carboxylic acids is 2. The minimum Gasteiger partial charge on any atom is -0.449 e. The Hall–Kier alpha value is -0.760. The first kappa shape index (κ1) is 20.2. The zero-order valence-corrected chi connectivity index (χ0v) is 15.3. The Kier molecular flexibility index (Phi) is 9.68. The third-order valence-corrected chi connectivity index (χ3v) is 5.09. The molecule has 0 heterocycles. The lowest BCUT2D eigenvalue weighted by Crippen LogP contribution is -2.25. The minimum absolute atomic E-state index is 0.0188. The molecule has 0 bridgehead atoms. The fourth-order valence-electron chi connectivity index (χ4n) is 1.13. The van der Waals surface area contributed by atoms with Gasteiger partial charge in [-0.2, -0.15) is 0 Å². The molecular weight excluding hydrogens is 312 g/mol. The van der Waals surface area contributed by atoms with Crippen LogP contribution in [0.15, 0.2) is 0 Å². The molecule has 0 aliphatic carbocycles. The zero-order valence-electron chi connectivity index (χ0n) is 13.7. The van der Waals surface area contributed by atoms with Gasteiger partial charge in [-0.15, -0.1) is 23.5 Å². The Bertz CT molecular complexity index is 306. The van der Waals surface area contributed by atoms with Crippen molar-refractivity contribution in [3.63, 3.8) is 0 Å². The van der Waals surface area contributed by atoms with Gasteiger partial charge in [0, 0.05) is 39.7 Å². The molecule has 0 saturated heterocycles. The Labute approximate surface area is 135 Å². The van der Waals surface area contributed by atoms with Crippen LogP contribution >= 0.6 is 23.5 Å². The number of amides is 2. The predicted octanol–water partition coefficient (Wildman–Crippen LogP) is 2.59. The SMILES string of the molecule is CN(C)C(=O)OCCSC(C)(C)SCCOC(=O)N(C)C. The summed E-state index contributed by atoms with van der Waals surface area (Å²) in [5, 5.41) is 0. The molecule has 0 aliphatic heterocycles. The second kappa shape index (κ2) is 10.0. The van der Waals surface area contributed by atoms with Crippen LogP contribution in [-0.4, -0.2) is 79.0 Å². The van der Waals surface area contributed by atoms with E-state index in [9.17, 15) is 9.59 Å². The average molecular weight is 338 g/mol. The average Bonchev–Trinajstić information content (AvgIpc) is 2.38. The van der Waals surface area contributed by atoms with Crippen molar-refractivity contribution in [3.8, 4) is 0 Å². The van der Waals surface area contributed by atoms with Gasteiger partial charge in [-0.1, -0.05) is 0 Å². The van der Waals surface area contributed by atoms with Crippen LogP contribution in [0.2, 0.25) is 0 Å². The summed E-state index contributed by atoms with van der Waals surface area (Å²) >= 11 is 3.43. The number of hydrogen-bond donors (Lipinski definition) is 0. The van der Waals surface area contributed by atoms with Crippen molar-refractivity contribution in [2.45, 2.75) is 17.9 Å². The second-order valence-electron chi connectivity index (χ2n) is 5.11. The highest BCUT2D eigenvalue weighted by Gasteiger charge is 2.19. The molecule has 21 heavy (non-hydrogen) atoms. The molecule has 8 heteroatoms. The van der Waals surface area contributed by atoms with E-state index in [1.165, 1.54) is 9.80 Å². The summed E-state index contributed by atoms with van der Waals surface area (Å²) in [5.41, 5.74) is 0. The molecule has 0 saturated carbocycles. The topological polar surface area (TPSA) is 59.1 Å². The molecule has 0 aromatic carbocycles. The lowest BCUT2D eigenvalue weighted by Gasteiger charge is -2.23. The van der Waals surface area contributed by atoms with E-state index in [0.29, 0.717) is 13.2 Å². The monoisotopic (exact) mass is 338 g/mol. The summed E-state index contributed by atoms with van der Waals surface area (Å²) < 4.78 is 10.1. The molecule has 0 unspecified atom stereocenters. The van der Waals surface area contributed by atoms with Gasteiger partial charge in [-0.05, 0) is 13.8 Å². The minimum atomic E-state index is -0.323. The predicted molar refractivity (Wildman–Crippen MR) is 89.1 cm³/mol. The molecule has 0 radical (unpaired) electrons. The molecule has 0 spiro atoms. The smallest absolute Gasteiger partial charge is 0.409 e. The van der Waals surface area contributed by atoms with Gasteiger partial charge in [0.25, 0.3) is 0 Å². The van der Waals surface area contributed by atoms with Gasteiger partial charge in [0.05, 0.1) is 4.08 Å². The lowest BCUT2D eigenvalue weighted by atomic mass is 10.5. The van der Waals surface area contributed by atoms with Crippen LogP contribution in [0.5, 0.6) is 0 Å². The van der Waals surface area contributed by atoms with Gasteiger partial charge in [-0.25, -0.2) is 9.59 Å². The van der Waals surface area contributed by atoms with E-state index < -0.39 is 0 Å². The third kappa shape index (κ3) is 10.6. The highest BCUT2D eigenvalue weighted by molar-refractivity contribution is 8.18. The molecule has 6 nitrogen and oxygen atoms in total. The molecule has 0 N–H and O–H groups in total. The van der Waals surface area contributed by atoms with Crippen LogP contribution < -0.4 is 0 Å². The summed E-state index contributed by atoms with van der Waals surface area (Å²) in [6.45, 7) is 4.98. The van der Waals surface area contributed by atoms with Crippen LogP contribution in [0.4, 0.5) is 9.59 Å². The van der Waals surface area contributed by atoms with Gasteiger partial charge >= 0.3 is 12.2 Å². The summed E-state index contributed by atoms with van der Waals surface area (Å²) in [4.78, 5) is 25.3. The summed E-state index contributed by atoms with van der Waals surface area (Å²) in [6, 6.07) is 0. The van der Waals surface area contributed by atoms with Gasteiger partial charge in [0.2, 0.25) is 0 Å². The summed E-state index contributed by atoms with van der Waals surface area (Å²) in [7, 11) is 6.63. The fraction of sp³-hybridized carbons (Fsp3) is 0.846. The highest BCUT2D eigenvalue weighted by atomic mass is 32.2. The number of rotatable bonds is 8. The van der Waals surface area contributed by atoms with Crippen LogP contribution in [0.3, 0.4) is 0 Å². The Balaban J connectivity index is 3.74. The molecule has 0 aromatic heterocycles. The van der Waals surface area contributed by atoms with Crippen LogP contribution in [-0.2, 0) is 9.47 Å². The molecule has 124 valence electrons. The van der Waals surface area contributed by atoms with E-state index in [0.717, 1.165) is 11.5 Å². The maximum atomic E-state index is 11.2. The second-order valence-corrected chi connectivity index (χ2v) is 8.81. The van der Waals surface area contributed by atoms with Crippen LogP contribution in [0.25, 0.3) is 0 Å². The van der Waals surface area contributed by atoms with Gasteiger partial charge in [0.1, 0.15) is 13.2 Å². The zero-order chi connectivity index (χ0) is 16.5. The molecule has 0 fully saturated rings. The van der Waals surface area contributed by atoms with Crippen molar-refractivity contribution in [2.75, 3.05) is 52.9 Å². The van der Waals surface area contributed by atoms with Gasteiger partial charge in [-0.3, -0.25) is 0 Å². The first-order chi connectivity index (χ1) is 9.65. The van der Waals surface area contributed by atoms with Crippen molar-refractivity contribution in [1.82, 2.24) is 9.80 Å². The quantitative estimate of drug-likeness (QED) is 0.501. The van der Waals surface area contributed by atoms with Gasteiger partial charge in [0.15, 0.2) is 0 Å². The number of hydrogen-bond acceptors (Lipinski definition) is 6. The Morgan fingerprint density at radius 2 is 1.19 bits per heavy atom. The van der Waals surface area contributed by atoms with Crippen molar-refractivity contribution >= 4 is 35.7 Å². The molecular formula is C13H26N2O4S2. The molecule has 2 amide bonds. The number of thioether (sulfide) groups is 2. The van der Waals surface area contributed by atoms with E-state index in [1.54, 1.807) is 51.7 Å². The van der Waals surface area contributed by atoms with E-state index in [-0.39, 0.29) is 16.3 Å². The molecule has 0 atom stereocenters. The highest BCUT2D eigenvalue weighted by Crippen LogP contribution is 2.35. The van der Waals surface area contributed by atoms with E-state index in [1.807, 2.05) is 0 Å². The molecule has 0 aliphatic rings. The number of carbonyl (C=O) groups is 2. The van der Waals surface area contributed by atoms with Crippen LogP contribution in [0, 0.1) is 0 Å². The first-order valence-electron chi connectivity index (χ1n) is 6.62. The summed E-state index contributed by atoms with van der Waals surface area (Å²) in [6.07, 6.45) is -0.645. The van der Waals surface area contributed by atoms with E-state index >= 15 is 0 Å². The maximum absolute atomic E-state index is 11.2. The summed E-state index contributed by atoms with van der Waals surface area (Å²) in [5.74, 6) is 1.47. The van der Waals surface area contributed by atoms with Crippen molar-refractivity contribution in [2.24, 2.45) is 0 Å². The lowest BCUT2D eigenvalue weighted by molar-refractivity contribution is 0.124. The van der Waals surface area contributed by atoms with Crippen LogP contribution in [0.1, 0.15) is 13.8 Å². The number of ether oxygens (including phenoxy) is 2. The third-order valence-electron chi connectivity index (χ3n) is 2.25. The standard InChI is InChI=1S/C13H26N2O4S2/c1-13(2,20-9-7-18-11(16)14(3)4)21-10-8-19-12(17)15(5)6/h7-10H2,1-6H3.